The first-order valence-electron chi connectivity index (χ1n) is 21.5. The number of nitrogens with zero attached hydrogens (tertiary/aromatic N) is 1. The van der Waals surface area contributed by atoms with Crippen LogP contribution in [0.3, 0.4) is 0 Å². The second kappa shape index (κ2) is 18.7. The molecule has 1 aliphatic rings. The number of rotatable bonds is 14. The molecule has 0 fully saturated rings. The Morgan fingerprint density at radius 2 is 0.981 bits per heavy atom. The maximum absolute atomic E-state index is 13.5. The molecule has 296 valence electrons. The molecule has 6 heteroatoms. The van der Waals surface area contributed by atoms with E-state index in [0.717, 1.165) is 76.5 Å². The Morgan fingerprint density at radius 1 is 0.574 bits per heavy atom. The van der Waals surface area contributed by atoms with Crippen molar-refractivity contribution in [2.75, 3.05) is 0 Å². The van der Waals surface area contributed by atoms with Crippen LogP contribution in [-0.4, -0.2) is 37.7 Å². The van der Waals surface area contributed by atoms with Crippen molar-refractivity contribution in [2.24, 2.45) is 4.99 Å². The highest BCUT2D eigenvalue weighted by Crippen LogP contribution is 2.42. The second-order valence-electron chi connectivity index (χ2n) is 17.4. The van der Waals surface area contributed by atoms with Gasteiger partial charge >= 0.3 is 0 Å². The summed E-state index contributed by atoms with van der Waals surface area (Å²) in [7, 11) is -4.19. The molecule has 3 heterocycles. The zero-order valence-electron chi connectivity index (χ0n) is 37.6. The van der Waals surface area contributed by atoms with Crippen LogP contribution in [0.4, 0.5) is 0 Å². The number of aromatic nitrogens is 2. The van der Waals surface area contributed by atoms with E-state index in [1.807, 2.05) is 0 Å². The van der Waals surface area contributed by atoms with Crippen LogP contribution in [0.5, 0.6) is 0 Å². The van der Waals surface area contributed by atoms with Crippen molar-refractivity contribution in [3.63, 3.8) is 0 Å². The molecular weight excluding hydrogens is 691 g/mol. The molecule has 1 aliphatic heterocycles. The summed E-state index contributed by atoms with van der Waals surface area (Å²) in [5, 5.41) is 2.11. The van der Waals surface area contributed by atoms with Gasteiger partial charge in [-0.2, -0.15) is 0 Å². The maximum atomic E-state index is 13.5. The monoisotopic (exact) mass is 766 g/mol. The van der Waals surface area contributed by atoms with E-state index >= 15 is 0 Å². The highest BCUT2D eigenvalue weighted by atomic mass is 28.3. The fourth-order valence-corrected chi connectivity index (χ4v) is 20.8. The Hall–Kier alpha value is -3.07. The van der Waals surface area contributed by atoms with E-state index in [9.17, 15) is 4.79 Å². The summed E-state index contributed by atoms with van der Waals surface area (Å²) in [6.45, 7) is 41.8. The van der Waals surface area contributed by atoms with Crippen LogP contribution in [0.25, 0.3) is 11.1 Å². The van der Waals surface area contributed by atoms with Crippen molar-refractivity contribution >= 4 is 38.9 Å². The highest BCUT2D eigenvalue weighted by Gasteiger charge is 2.43. The first kappa shape index (κ1) is 45.3. The first-order valence-corrected chi connectivity index (χ1v) is 26.0. The predicted octanol–water partition coefficient (Wildman–Crippen LogP) is 11.5. The number of aliphatic imine (C=N–C) groups is 1. The van der Waals surface area contributed by atoms with Gasteiger partial charge in [0, 0.05) is 11.8 Å². The second-order valence-corrected chi connectivity index (χ2v) is 28.5. The summed E-state index contributed by atoms with van der Waals surface area (Å²) in [6.07, 6.45) is 7.21. The summed E-state index contributed by atoms with van der Waals surface area (Å²) in [4.78, 5) is 26.2. The van der Waals surface area contributed by atoms with Crippen LogP contribution in [-0.2, 0) is 30.5 Å². The molecular formula is C48H75N3OSi2. The fourth-order valence-electron chi connectivity index (χ4n) is 10.4. The zero-order chi connectivity index (χ0) is 40.9. The van der Waals surface area contributed by atoms with Crippen molar-refractivity contribution < 1.29 is 4.79 Å². The highest BCUT2D eigenvalue weighted by molar-refractivity contribution is 6.91. The summed E-state index contributed by atoms with van der Waals surface area (Å²) >= 11 is 0. The van der Waals surface area contributed by atoms with Gasteiger partial charge in [-0.15, -0.1) is 11.1 Å². The van der Waals surface area contributed by atoms with Crippen molar-refractivity contribution in [3.05, 3.63) is 56.0 Å². The normalized spacial score (nSPS) is 15.2. The first-order chi connectivity index (χ1) is 25.4. The van der Waals surface area contributed by atoms with E-state index in [2.05, 4.69) is 164 Å². The van der Waals surface area contributed by atoms with Crippen LogP contribution >= 0.6 is 0 Å². The van der Waals surface area contributed by atoms with Crippen LogP contribution in [0, 0.1) is 22.9 Å². The lowest BCUT2D eigenvalue weighted by Gasteiger charge is -2.38. The smallest absolute Gasteiger partial charge is 0.273 e. The topological polar surface area (TPSA) is 61.0 Å². The molecule has 4 nitrogen and oxygen atoms in total. The Bertz CT molecular complexity index is 1940. The molecule has 0 spiro atoms. The number of nitrogens with one attached hydrogen (secondary N) is 2. The standard InChI is InChI=1S/C48H75N3OSi2/c1-19-36-29-49-44(37(36)20-2)42(25-27-53(30(7)8,31(9)10)32(11)12)45-38(21-3)39(22-4)46(50-45)43(47-40(23-5)41(24-6)48(52)51-47)26-28-54(33(13)14,34(15)16)35(17)18/h29-35,49-50H,19-24H2,1-18H3/b45-42+,46-43+. The van der Waals surface area contributed by atoms with Crippen molar-refractivity contribution in [1.29, 1.82) is 0 Å². The molecule has 2 N–H and O–H groups in total. The Morgan fingerprint density at radius 3 is 1.35 bits per heavy atom. The molecule has 0 saturated heterocycles. The van der Waals surface area contributed by atoms with Crippen LogP contribution in [0.1, 0.15) is 165 Å². The molecule has 0 unspecified atom stereocenters. The van der Waals surface area contributed by atoms with Gasteiger partial charge in [-0.3, -0.25) is 4.79 Å². The number of carbonyl (C=O) groups is 1. The molecule has 3 rings (SSSR count). The van der Waals surface area contributed by atoms with Gasteiger partial charge in [0.1, 0.15) is 16.1 Å². The molecule has 2 aromatic heterocycles. The summed E-state index contributed by atoms with van der Waals surface area (Å²) < 4.78 is 0. The van der Waals surface area contributed by atoms with E-state index in [0.29, 0.717) is 39.7 Å². The lowest BCUT2D eigenvalue weighted by atomic mass is 9.95. The number of aryl methyl sites for hydroxylation is 1. The van der Waals surface area contributed by atoms with Crippen molar-refractivity contribution in [3.8, 4) is 22.9 Å². The average Bonchev–Trinajstić information content (AvgIpc) is 3.79. The van der Waals surface area contributed by atoms with Crippen LogP contribution < -0.4 is 10.7 Å². The molecule has 2 aromatic rings. The molecule has 0 aliphatic carbocycles. The number of hydrogen-bond donors (Lipinski definition) is 2. The third-order valence-electron chi connectivity index (χ3n) is 13.1. The quantitative estimate of drug-likeness (QED) is 0.146. The molecule has 0 saturated carbocycles. The van der Waals surface area contributed by atoms with Gasteiger partial charge in [0.05, 0.1) is 33.3 Å². The van der Waals surface area contributed by atoms with Gasteiger partial charge in [0.2, 0.25) is 0 Å². The average molecular weight is 766 g/mol. The number of hydrogen-bond acceptors (Lipinski definition) is 1. The Labute approximate surface area is 332 Å². The van der Waals surface area contributed by atoms with Gasteiger partial charge in [0.25, 0.3) is 5.91 Å². The minimum Gasteiger partial charge on any atom is -0.360 e. The van der Waals surface area contributed by atoms with Crippen molar-refractivity contribution in [1.82, 2.24) is 9.97 Å². The van der Waals surface area contributed by atoms with E-state index in [4.69, 9.17) is 4.99 Å². The molecule has 1 amide bonds. The minimum absolute atomic E-state index is 0.106. The molecule has 0 aromatic carbocycles. The largest absolute Gasteiger partial charge is 0.360 e. The number of aromatic amines is 2. The third kappa shape index (κ3) is 8.08. The van der Waals surface area contributed by atoms with E-state index in [-0.39, 0.29) is 5.91 Å². The van der Waals surface area contributed by atoms with Gasteiger partial charge < -0.3 is 9.97 Å². The molecule has 0 bridgehead atoms. The number of carbonyl (C=O) groups excluding carboxylic acids is 1. The number of allylic oxidation sites excluding steroid dienone is 1. The lowest BCUT2D eigenvalue weighted by molar-refractivity contribution is -0.114. The van der Waals surface area contributed by atoms with E-state index < -0.39 is 16.1 Å². The number of amides is 1. The fraction of sp³-hybridized carbons (Fsp3) is 0.625. The Kier molecular flexibility index (Phi) is 15.7. The van der Waals surface area contributed by atoms with Crippen molar-refractivity contribution in [2.45, 2.75) is 196 Å². The summed E-state index contributed by atoms with van der Waals surface area (Å²) in [6, 6.07) is 0. The van der Waals surface area contributed by atoms with Crippen LogP contribution in [0.15, 0.2) is 22.3 Å². The molecule has 0 radical (unpaired) electrons. The van der Waals surface area contributed by atoms with Gasteiger partial charge in [-0.25, -0.2) is 4.99 Å². The molecule has 54 heavy (non-hydrogen) atoms. The SMILES string of the molecule is CCC1=C(CC)C(/C(C#C[Si](C(C)C)(C(C)C)C(C)C)=c2/[nH]/c(=C(\C#C[Si](C(C)C)(C(C)C)C(C)C)c3[nH]cc(CC)c3CC)c(CC)c2CC)=NC1=O. The van der Waals surface area contributed by atoms with Gasteiger partial charge in [-0.05, 0) is 99.6 Å². The molecule has 0 atom stereocenters. The van der Waals surface area contributed by atoms with E-state index in [1.165, 1.54) is 22.3 Å². The number of H-pyrrole nitrogens is 2. The minimum atomic E-state index is -2.13. The Balaban J connectivity index is 2.84. The van der Waals surface area contributed by atoms with E-state index in [1.54, 1.807) is 0 Å². The lowest BCUT2D eigenvalue weighted by Crippen LogP contribution is -2.43. The van der Waals surface area contributed by atoms with Gasteiger partial charge in [0.15, 0.2) is 0 Å². The zero-order valence-corrected chi connectivity index (χ0v) is 39.6. The summed E-state index contributed by atoms with van der Waals surface area (Å²) in [5.41, 5.74) is 22.2. The maximum Gasteiger partial charge on any atom is 0.273 e. The van der Waals surface area contributed by atoms with Crippen LogP contribution in [0.2, 0.25) is 33.2 Å². The summed E-state index contributed by atoms with van der Waals surface area (Å²) in [5.74, 6) is 7.75. The predicted molar refractivity (Wildman–Crippen MR) is 242 cm³/mol. The third-order valence-corrected chi connectivity index (χ3v) is 25.7. The van der Waals surface area contributed by atoms with Gasteiger partial charge in [-0.1, -0.05) is 136 Å².